The van der Waals surface area contributed by atoms with Gasteiger partial charge in [-0.25, -0.2) is 9.59 Å². The molecule has 0 aliphatic carbocycles. The number of fused-ring (bicyclic) bond motifs is 1. The van der Waals surface area contributed by atoms with Crippen LogP contribution in [-0.4, -0.2) is 83.5 Å². The number of anilines is 3. The van der Waals surface area contributed by atoms with Crippen molar-refractivity contribution in [3.05, 3.63) is 171 Å². The predicted octanol–water partition coefficient (Wildman–Crippen LogP) is 10.6. The van der Waals surface area contributed by atoms with Crippen molar-refractivity contribution in [2.75, 3.05) is 42.0 Å². The Bertz CT molecular complexity index is 3180. The average Bonchev–Trinajstić information content (AvgIpc) is 3.72. The minimum atomic E-state index is -0.820. The molecule has 2 unspecified atom stereocenters. The molecule has 8 rings (SSSR count). The first kappa shape index (κ1) is 55.5. The van der Waals surface area contributed by atoms with E-state index in [0.29, 0.717) is 79.5 Å². The summed E-state index contributed by atoms with van der Waals surface area (Å²) in [6.07, 6.45) is 0.230. The molecule has 0 radical (unpaired) electrons. The van der Waals surface area contributed by atoms with Gasteiger partial charge >= 0.3 is 12.2 Å². The number of phenolic OH excluding ortho intramolecular Hbond substituents is 1. The summed E-state index contributed by atoms with van der Waals surface area (Å²) in [7, 11) is 1.41. The third-order valence-corrected chi connectivity index (χ3v) is 12.6. The number of carbonyl (C=O) groups excluding carboxylic acids is 5. The Labute approximate surface area is 446 Å². The number of carbonyl (C=O) groups is 5. The fourth-order valence-electron chi connectivity index (χ4n) is 8.51. The van der Waals surface area contributed by atoms with Crippen LogP contribution in [0.25, 0.3) is 0 Å². The Morgan fingerprint density at radius 3 is 2.18 bits per heavy atom. The maximum atomic E-state index is 13.1. The van der Waals surface area contributed by atoms with Crippen molar-refractivity contribution in [1.29, 1.82) is 0 Å². The van der Waals surface area contributed by atoms with Crippen LogP contribution >= 0.6 is 0 Å². The molecular weight excluding hydrogens is 987 g/mol. The highest BCUT2D eigenvalue weighted by Gasteiger charge is 2.38. The second kappa shape index (κ2) is 25.3. The standard InChI is InChI=1S/C30H31N5O7.C28H30N2O5/c1-6-25(42-26-15-10-18(2)16-19(26)3)28(36)31-21-8-7-9-23(17-21)34-29(37)20(4)27(32-34)33(5)30(38)41-24-13-11-22(12-14-24)35(39)40;1-19-11-14-25(20(2)18-19)34-17-7-15-29-27(32)23-12-13-24-22(26(23)31)10-6-16-30(24)28(33)35-21-8-4-3-5-9-21/h7-17,20,25H,6H2,1-5H3,(H,31,36);3-5,8-9,11-14,18,31H,6-7,10,15-17H2,1-2H3,(H,29,32). The van der Waals surface area contributed by atoms with Crippen molar-refractivity contribution >= 4 is 58.5 Å². The van der Waals surface area contributed by atoms with Gasteiger partial charge in [-0.3, -0.25) is 34.3 Å². The van der Waals surface area contributed by atoms with Crippen molar-refractivity contribution in [2.24, 2.45) is 11.0 Å². The van der Waals surface area contributed by atoms with E-state index in [4.69, 9.17) is 18.9 Å². The summed E-state index contributed by atoms with van der Waals surface area (Å²) in [5, 5.41) is 32.9. The highest BCUT2D eigenvalue weighted by molar-refractivity contribution is 6.17. The minimum Gasteiger partial charge on any atom is -0.507 e. The number of nitro groups is 1. The van der Waals surface area contributed by atoms with Crippen LogP contribution in [0.1, 0.15) is 71.3 Å². The van der Waals surface area contributed by atoms with Gasteiger partial charge in [-0.1, -0.05) is 66.6 Å². The van der Waals surface area contributed by atoms with Crippen molar-refractivity contribution < 1.29 is 52.9 Å². The minimum absolute atomic E-state index is 0.0938. The van der Waals surface area contributed by atoms with Gasteiger partial charge in [0.2, 0.25) is 0 Å². The van der Waals surface area contributed by atoms with Crippen LogP contribution in [0.3, 0.4) is 0 Å². The van der Waals surface area contributed by atoms with Crippen molar-refractivity contribution in [2.45, 2.75) is 73.3 Å². The monoisotopic (exact) mass is 1050 g/mol. The molecule has 19 nitrogen and oxygen atoms in total. The first-order chi connectivity index (χ1) is 36.9. The van der Waals surface area contributed by atoms with E-state index in [2.05, 4.69) is 21.8 Å². The van der Waals surface area contributed by atoms with Crippen LogP contribution in [0.2, 0.25) is 0 Å². The van der Waals surface area contributed by atoms with Gasteiger partial charge in [-0.2, -0.15) is 10.1 Å². The van der Waals surface area contributed by atoms with Crippen molar-refractivity contribution in [1.82, 2.24) is 10.2 Å². The second-order valence-corrected chi connectivity index (χ2v) is 18.5. The second-order valence-electron chi connectivity index (χ2n) is 18.5. The first-order valence-corrected chi connectivity index (χ1v) is 25.1. The van der Waals surface area contributed by atoms with Crippen LogP contribution < -0.4 is 39.5 Å². The molecule has 2 aliphatic heterocycles. The Balaban J connectivity index is 0.000000227. The number of phenols is 1. The fraction of sp³-hybridized carbons (Fsp3) is 0.276. The molecule has 6 aromatic carbocycles. The number of benzene rings is 6. The van der Waals surface area contributed by atoms with E-state index in [9.17, 15) is 39.2 Å². The SMILES string of the molecule is CCC(Oc1ccc(C)cc1C)C(=O)Nc1cccc(N2N=C(N(C)C(=O)Oc3ccc([N+](=O)[O-])cc3)C(C)C2=O)c1.Cc1ccc(OCCCNC(=O)c2ccc3c(c2O)CCCN3C(=O)Oc2ccccc2)c(C)c1. The van der Waals surface area contributed by atoms with Crippen molar-refractivity contribution in [3.8, 4) is 28.7 Å². The van der Waals surface area contributed by atoms with Crippen molar-refractivity contribution in [3.63, 3.8) is 0 Å². The van der Waals surface area contributed by atoms with Gasteiger partial charge in [0.25, 0.3) is 23.4 Å². The third-order valence-electron chi connectivity index (χ3n) is 12.6. The summed E-state index contributed by atoms with van der Waals surface area (Å²) in [5.74, 6) is 0.220. The average molecular weight is 1050 g/mol. The molecule has 6 aromatic rings. The van der Waals surface area contributed by atoms with Gasteiger partial charge in [-0.15, -0.1) is 0 Å². The number of hydrogen-bond acceptors (Lipinski definition) is 13. The van der Waals surface area contributed by atoms with Crippen LogP contribution in [-0.2, 0) is 16.0 Å². The number of amidine groups is 1. The largest absolute Gasteiger partial charge is 0.507 e. The van der Waals surface area contributed by atoms with Crippen LogP contribution in [0.4, 0.5) is 32.3 Å². The van der Waals surface area contributed by atoms with Gasteiger partial charge in [-0.05, 0) is 138 Å². The van der Waals surface area contributed by atoms with E-state index in [1.54, 1.807) is 67.6 Å². The molecule has 0 bridgehead atoms. The maximum absolute atomic E-state index is 13.1. The lowest BCUT2D eigenvalue weighted by molar-refractivity contribution is -0.384. The molecule has 2 heterocycles. The molecule has 0 saturated carbocycles. The Hall–Kier alpha value is -9.26. The zero-order valence-corrected chi connectivity index (χ0v) is 43.9. The molecule has 0 fully saturated rings. The quantitative estimate of drug-likeness (QED) is 0.0495. The number of non-ortho nitro benzene ring substituents is 1. The number of nitro benzene ring substituents is 1. The predicted molar refractivity (Wildman–Crippen MR) is 291 cm³/mol. The van der Waals surface area contributed by atoms with Crippen LogP contribution in [0, 0.1) is 43.7 Å². The number of hydrogen-bond donors (Lipinski definition) is 3. The Kier molecular flexibility index (Phi) is 18.2. The van der Waals surface area contributed by atoms with Crippen LogP contribution in [0.15, 0.2) is 132 Å². The number of amides is 5. The molecule has 2 aliphatic rings. The summed E-state index contributed by atoms with van der Waals surface area (Å²) in [6, 6.07) is 35.5. The molecule has 77 heavy (non-hydrogen) atoms. The van der Waals surface area contributed by atoms with Gasteiger partial charge in [0.05, 0.1) is 34.4 Å². The lowest BCUT2D eigenvalue weighted by Gasteiger charge is -2.29. The lowest BCUT2D eigenvalue weighted by Crippen LogP contribution is -2.38. The molecule has 19 heteroatoms. The number of nitrogens with zero attached hydrogens (tertiary/aromatic N) is 5. The summed E-state index contributed by atoms with van der Waals surface area (Å²) >= 11 is 0. The topological polar surface area (TPSA) is 232 Å². The maximum Gasteiger partial charge on any atom is 0.420 e. The molecular formula is C58H61N7O12. The first-order valence-electron chi connectivity index (χ1n) is 25.1. The number of ether oxygens (including phenoxy) is 4. The van der Waals surface area contributed by atoms with Crippen LogP contribution in [0.5, 0.6) is 28.7 Å². The molecule has 0 spiro atoms. The molecule has 2 atom stereocenters. The summed E-state index contributed by atoms with van der Waals surface area (Å²) < 4.78 is 22.6. The zero-order chi connectivity index (χ0) is 55.3. The van der Waals surface area contributed by atoms with Gasteiger partial charge < -0.3 is 34.7 Å². The lowest BCUT2D eigenvalue weighted by atomic mass is 9.97. The molecule has 0 aromatic heterocycles. The van der Waals surface area contributed by atoms with Gasteiger partial charge in [0, 0.05) is 43.5 Å². The Morgan fingerprint density at radius 1 is 0.844 bits per heavy atom. The number of aromatic hydroxyl groups is 1. The highest BCUT2D eigenvalue weighted by atomic mass is 16.6. The zero-order valence-electron chi connectivity index (χ0n) is 43.9. The summed E-state index contributed by atoms with van der Waals surface area (Å²) in [4.78, 5) is 77.3. The fourth-order valence-corrected chi connectivity index (χ4v) is 8.51. The van der Waals surface area contributed by atoms with E-state index < -0.39 is 29.1 Å². The third kappa shape index (κ3) is 13.9. The van der Waals surface area contributed by atoms with E-state index in [1.165, 1.54) is 41.8 Å². The van der Waals surface area contributed by atoms with E-state index in [0.717, 1.165) is 32.3 Å². The number of nitrogens with one attached hydrogen (secondary N) is 2. The normalized spacial score (nSPS) is 13.9. The van der Waals surface area contributed by atoms with Gasteiger partial charge in [0.15, 0.2) is 6.10 Å². The van der Waals surface area contributed by atoms with E-state index in [1.807, 2.05) is 71.0 Å². The number of para-hydroxylation sites is 1. The Morgan fingerprint density at radius 2 is 1.52 bits per heavy atom. The molecule has 0 saturated heterocycles. The molecule has 5 amide bonds. The van der Waals surface area contributed by atoms with Gasteiger partial charge in [0.1, 0.15) is 34.6 Å². The smallest absolute Gasteiger partial charge is 0.420 e. The number of aryl methyl sites for hydroxylation is 4. The number of rotatable bonds is 15. The summed E-state index contributed by atoms with van der Waals surface area (Å²) in [5.41, 5.74) is 6.31. The van der Waals surface area contributed by atoms with E-state index >= 15 is 0 Å². The molecule has 400 valence electrons. The highest BCUT2D eigenvalue weighted by Crippen LogP contribution is 2.37. The number of hydrazone groups is 1. The molecule has 3 N–H and O–H groups in total. The summed E-state index contributed by atoms with van der Waals surface area (Å²) in [6.45, 7) is 12.8. The van der Waals surface area contributed by atoms with E-state index in [-0.39, 0.29) is 46.3 Å².